The van der Waals surface area contributed by atoms with Gasteiger partial charge in [-0.1, -0.05) is 19.3 Å². The molecule has 0 aliphatic heterocycles. The molecule has 0 spiro atoms. The molecule has 2 fully saturated rings. The summed E-state index contributed by atoms with van der Waals surface area (Å²) in [6, 6.07) is 0. The van der Waals surface area contributed by atoms with Crippen LogP contribution >= 0.6 is 0 Å². The molecule has 2 aliphatic carbocycles. The maximum absolute atomic E-state index is 11.6. The molecule has 0 aromatic carbocycles. The molecule has 2 aliphatic rings. The van der Waals surface area contributed by atoms with Gasteiger partial charge in [0.25, 0.3) is 0 Å². The Morgan fingerprint density at radius 1 is 1.00 bits per heavy atom. The third kappa shape index (κ3) is 3.22. The Kier molecular flexibility index (Phi) is 4.14. The minimum atomic E-state index is -2.93. The van der Waals surface area contributed by atoms with Crippen molar-refractivity contribution < 1.29 is 13.5 Å². The first kappa shape index (κ1) is 13.3. The molecular weight excluding hydrogens is 236 g/mol. The number of hydrogen-bond acceptors (Lipinski definition) is 3. The molecule has 0 bridgehead atoms. The Morgan fingerprint density at radius 3 is 2.18 bits per heavy atom. The molecule has 2 rings (SSSR count). The van der Waals surface area contributed by atoms with Crippen LogP contribution in [0.3, 0.4) is 0 Å². The van der Waals surface area contributed by atoms with Gasteiger partial charge >= 0.3 is 0 Å². The fourth-order valence-corrected chi connectivity index (χ4v) is 4.76. The van der Waals surface area contributed by atoms with E-state index in [2.05, 4.69) is 0 Å². The Hall–Kier alpha value is -0.0900. The maximum Gasteiger partial charge on any atom is 0.150 e. The number of aliphatic hydroxyl groups excluding tert-OH is 1. The second kappa shape index (κ2) is 5.27. The lowest BCUT2D eigenvalue weighted by molar-refractivity contribution is 0.0363. The zero-order valence-electron chi connectivity index (χ0n) is 10.6. The maximum atomic E-state index is 11.6. The molecule has 0 saturated heterocycles. The molecule has 3 unspecified atom stereocenters. The molecule has 0 radical (unpaired) electrons. The van der Waals surface area contributed by atoms with Crippen LogP contribution in [0.25, 0.3) is 0 Å². The number of sulfone groups is 1. The van der Waals surface area contributed by atoms with Crippen molar-refractivity contribution in [1.82, 2.24) is 0 Å². The van der Waals surface area contributed by atoms with Gasteiger partial charge in [-0.2, -0.15) is 0 Å². The standard InChI is InChI=1S/C13H24O3S/c1-17(15,16)12-8-4-7-11(9-12)13(14)10-5-2-3-6-10/h10-14H,2-9H2,1H3. The third-order valence-corrected chi connectivity index (χ3v) is 6.28. The van der Waals surface area contributed by atoms with E-state index in [1.54, 1.807) is 0 Å². The summed E-state index contributed by atoms with van der Waals surface area (Å²) in [5.41, 5.74) is 0. The Morgan fingerprint density at radius 2 is 1.59 bits per heavy atom. The summed E-state index contributed by atoms with van der Waals surface area (Å²) in [6.45, 7) is 0. The van der Waals surface area contributed by atoms with E-state index in [4.69, 9.17) is 0 Å². The van der Waals surface area contributed by atoms with Crippen LogP contribution in [0, 0.1) is 11.8 Å². The fourth-order valence-electron chi connectivity index (χ4n) is 3.56. The van der Waals surface area contributed by atoms with Gasteiger partial charge in [-0.25, -0.2) is 8.42 Å². The summed E-state index contributed by atoms with van der Waals surface area (Å²) in [4.78, 5) is 0. The van der Waals surface area contributed by atoms with Crippen LogP contribution in [-0.2, 0) is 9.84 Å². The first-order valence-electron chi connectivity index (χ1n) is 6.85. The normalized spacial score (nSPS) is 33.8. The van der Waals surface area contributed by atoms with Gasteiger partial charge in [-0.15, -0.1) is 0 Å². The quantitative estimate of drug-likeness (QED) is 0.846. The van der Waals surface area contributed by atoms with Gasteiger partial charge in [0, 0.05) is 6.26 Å². The summed E-state index contributed by atoms with van der Waals surface area (Å²) < 4.78 is 23.2. The minimum Gasteiger partial charge on any atom is -0.393 e. The average molecular weight is 260 g/mol. The van der Waals surface area contributed by atoms with E-state index in [1.807, 2.05) is 0 Å². The molecule has 17 heavy (non-hydrogen) atoms. The summed E-state index contributed by atoms with van der Waals surface area (Å²) >= 11 is 0. The fraction of sp³-hybridized carbons (Fsp3) is 1.00. The predicted molar refractivity (Wildman–Crippen MR) is 68.6 cm³/mol. The van der Waals surface area contributed by atoms with E-state index in [-0.39, 0.29) is 17.3 Å². The second-order valence-electron chi connectivity index (χ2n) is 5.91. The molecular formula is C13H24O3S. The lowest BCUT2D eigenvalue weighted by Crippen LogP contribution is -2.36. The molecule has 0 aromatic heterocycles. The van der Waals surface area contributed by atoms with E-state index in [0.717, 1.165) is 32.1 Å². The van der Waals surface area contributed by atoms with Gasteiger partial charge in [-0.05, 0) is 43.9 Å². The van der Waals surface area contributed by atoms with Crippen LogP contribution in [0.5, 0.6) is 0 Å². The van der Waals surface area contributed by atoms with Gasteiger partial charge in [0.2, 0.25) is 0 Å². The summed E-state index contributed by atoms with van der Waals surface area (Å²) in [5.74, 6) is 0.643. The molecule has 3 atom stereocenters. The van der Waals surface area contributed by atoms with E-state index in [0.29, 0.717) is 12.3 Å². The summed E-state index contributed by atoms with van der Waals surface area (Å²) in [6.07, 6.45) is 9.19. The topological polar surface area (TPSA) is 54.4 Å². The molecule has 0 amide bonds. The molecule has 100 valence electrons. The van der Waals surface area contributed by atoms with E-state index >= 15 is 0 Å². The highest BCUT2D eigenvalue weighted by Gasteiger charge is 2.36. The molecule has 2 saturated carbocycles. The van der Waals surface area contributed by atoms with Gasteiger partial charge in [-0.3, -0.25) is 0 Å². The van der Waals surface area contributed by atoms with Crippen molar-refractivity contribution in [3.05, 3.63) is 0 Å². The van der Waals surface area contributed by atoms with Gasteiger partial charge in [0.05, 0.1) is 11.4 Å². The largest absolute Gasteiger partial charge is 0.393 e. The Labute approximate surface area is 105 Å². The number of rotatable bonds is 3. The SMILES string of the molecule is CS(=O)(=O)C1CCCC(C(O)C2CCCC2)C1. The Bertz CT molecular complexity index is 344. The number of aliphatic hydroxyl groups is 1. The minimum absolute atomic E-state index is 0.211. The van der Waals surface area contributed by atoms with Gasteiger partial charge < -0.3 is 5.11 Å². The summed E-state index contributed by atoms with van der Waals surface area (Å²) in [7, 11) is -2.93. The van der Waals surface area contributed by atoms with Crippen LogP contribution in [0.4, 0.5) is 0 Å². The molecule has 4 heteroatoms. The van der Waals surface area contributed by atoms with E-state index in [1.165, 1.54) is 19.1 Å². The van der Waals surface area contributed by atoms with Crippen LogP contribution < -0.4 is 0 Å². The highest BCUT2D eigenvalue weighted by atomic mass is 32.2. The van der Waals surface area contributed by atoms with Crippen LogP contribution in [0.2, 0.25) is 0 Å². The highest BCUT2D eigenvalue weighted by molar-refractivity contribution is 7.91. The lowest BCUT2D eigenvalue weighted by atomic mass is 9.79. The predicted octanol–water partition coefficient (Wildman–Crippen LogP) is 2.14. The summed E-state index contributed by atoms with van der Waals surface area (Å²) in [5, 5.41) is 10.2. The average Bonchev–Trinajstić information content (AvgIpc) is 2.80. The van der Waals surface area contributed by atoms with E-state index < -0.39 is 9.84 Å². The van der Waals surface area contributed by atoms with Crippen molar-refractivity contribution >= 4 is 9.84 Å². The van der Waals surface area contributed by atoms with Crippen molar-refractivity contribution in [3.8, 4) is 0 Å². The van der Waals surface area contributed by atoms with Crippen LogP contribution in [0.15, 0.2) is 0 Å². The van der Waals surface area contributed by atoms with Crippen LogP contribution in [-0.4, -0.2) is 31.1 Å². The van der Waals surface area contributed by atoms with Crippen molar-refractivity contribution in [1.29, 1.82) is 0 Å². The molecule has 0 heterocycles. The first-order valence-corrected chi connectivity index (χ1v) is 8.81. The van der Waals surface area contributed by atoms with Gasteiger partial charge in [0.1, 0.15) is 9.84 Å². The third-order valence-electron chi connectivity index (χ3n) is 4.64. The zero-order chi connectivity index (χ0) is 12.5. The first-order chi connectivity index (χ1) is 7.98. The van der Waals surface area contributed by atoms with Crippen molar-refractivity contribution in [2.75, 3.05) is 6.26 Å². The van der Waals surface area contributed by atoms with E-state index in [9.17, 15) is 13.5 Å². The zero-order valence-corrected chi connectivity index (χ0v) is 11.5. The highest BCUT2D eigenvalue weighted by Crippen LogP contribution is 2.37. The molecule has 3 nitrogen and oxygen atoms in total. The monoisotopic (exact) mass is 260 g/mol. The lowest BCUT2D eigenvalue weighted by Gasteiger charge is -2.33. The van der Waals surface area contributed by atoms with Crippen LogP contribution in [0.1, 0.15) is 51.4 Å². The molecule has 1 N–H and O–H groups in total. The second-order valence-corrected chi connectivity index (χ2v) is 8.24. The van der Waals surface area contributed by atoms with Gasteiger partial charge in [0.15, 0.2) is 0 Å². The Balaban J connectivity index is 1.96. The number of hydrogen-bond donors (Lipinski definition) is 1. The van der Waals surface area contributed by atoms with Crippen molar-refractivity contribution in [3.63, 3.8) is 0 Å². The molecule has 0 aromatic rings. The van der Waals surface area contributed by atoms with Crippen molar-refractivity contribution in [2.45, 2.75) is 62.7 Å². The van der Waals surface area contributed by atoms with Crippen molar-refractivity contribution in [2.24, 2.45) is 11.8 Å². The smallest absolute Gasteiger partial charge is 0.150 e.